The maximum Gasteiger partial charge on any atom is 0.228 e. The first-order valence-electron chi connectivity index (χ1n) is 6.38. The summed E-state index contributed by atoms with van der Waals surface area (Å²) in [6.07, 6.45) is 2.55. The molecule has 1 unspecified atom stereocenters. The standard InChI is InChI=1S/C13H16N4OS/c1-9-2-3-15-11(6-9)13-16-12(18-17-13)7-10-8-19-5-4-14-10/h2-3,6,10,14H,4-5,7-8H2,1H3. The Morgan fingerprint density at radius 2 is 2.47 bits per heavy atom. The number of aromatic nitrogens is 3. The van der Waals surface area contributed by atoms with E-state index in [1.165, 1.54) is 5.75 Å². The summed E-state index contributed by atoms with van der Waals surface area (Å²) in [6.45, 7) is 3.07. The van der Waals surface area contributed by atoms with Crippen molar-refractivity contribution in [2.75, 3.05) is 18.1 Å². The van der Waals surface area contributed by atoms with Gasteiger partial charge in [0.15, 0.2) is 0 Å². The molecule has 0 amide bonds. The number of hydrogen-bond donors (Lipinski definition) is 1. The van der Waals surface area contributed by atoms with Gasteiger partial charge in [0.1, 0.15) is 5.69 Å². The van der Waals surface area contributed by atoms with Crippen LogP contribution < -0.4 is 5.32 Å². The Kier molecular flexibility index (Phi) is 3.79. The molecule has 0 radical (unpaired) electrons. The summed E-state index contributed by atoms with van der Waals surface area (Å²) in [5, 5.41) is 7.47. The molecule has 0 saturated carbocycles. The van der Waals surface area contributed by atoms with Crippen LogP contribution in [0.1, 0.15) is 11.5 Å². The molecule has 100 valence electrons. The van der Waals surface area contributed by atoms with E-state index in [9.17, 15) is 0 Å². The largest absolute Gasteiger partial charge is 0.339 e. The van der Waals surface area contributed by atoms with Crippen LogP contribution in [0.25, 0.3) is 11.5 Å². The highest BCUT2D eigenvalue weighted by Crippen LogP contribution is 2.16. The average molecular weight is 276 g/mol. The SMILES string of the molecule is Cc1ccnc(-c2noc(CC3CSCCN3)n2)c1. The van der Waals surface area contributed by atoms with Crippen LogP contribution in [0.15, 0.2) is 22.9 Å². The van der Waals surface area contributed by atoms with E-state index in [4.69, 9.17) is 4.52 Å². The zero-order valence-electron chi connectivity index (χ0n) is 10.8. The van der Waals surface area contributed by atoms with Gasteiger partial charge in [-0.05, 0) is 24.6 Å². The van der Waals surface area contributed by atoms with Gasteiger partial charge in [-0.15, -0.1) is 0 Å². The third-order valence-corrected chi connectivity index (χ3v) is 4.16. The predicted octanol–water partition coefficient (Wildman–Crippen LogP) is 1.69. The summed E-state index contributed by atoms with van der Waals surface area (Å²) in [5.74, 6) is 3.53. The molecular formula is C13H16N4OS. The van der Waals surface area contributed by atoms with Crippen LogP contribution >= 0.6 is 11.8 Å². The Balaban J connectivity index is 1.72. The first kappa shape index (κ1) is 12.6. The number of aryl methyl sites for hydroxylation is 1. The quantitative estimate of drug-likeness (QED) is 0.920. The van der Waals surface area contributed by atoms with E-state index in [1.54, 1.807) is 6.20 Å². The van der Waals surface area contributed by atoms with E-state index < -0.39 is 0 Å². The fourth-order valence-corrected chi connectivity index (χ4v) is 3.01. The van der Waals surface area contributed by atoms with Crippen molar-refractivity contribution >= 4 is 11.8 Å². The maximum absolute atomic E-state index is 5.31. The smallest absolute Gasteiger partial charge is 0.228 e. The first-order chi connectivity index (χ1) is 9.31. The van der Waals surface area contributed by atoms with E-state index in [2.05, 4.69) is 20.4 Å². The monoisotopic (exact) mass is 276 g/mol. The zero-order valence-corrected chi connectivity index (χ0v) is 11.6. The molecule has 0 aliphatic carbocycles. The zero-order chi connectivity index (χ0) is 13.1. The summed E-state index contributed by atoms with van der Waals surface area (Å²) in [4.78, 5) is 8.69. The highest BCUT2D eigenvalue weighted by Gasteiger charge is 2.17. The number of nitrogens with one attached hydrogen (secondary N) is 1. The lowest BCUT2D eigenvalue weighted by atomic mass is 10.2. The predicted molar refractivity (Wildman–Crippen MR) is 75.1 cm³/mol. The molecule has 1 saturated heterocycles. The highest BCUT2D eigenvalue weighted by molar-refractivity contribution is 7.99. The Morgan fingerprint density at radius 1 is 1.53 bits per heavy atom. The average Bonchev–Trinajstić information content (AvgIpc) is 2.88. The summed E-state index contributed by atoms with van der Waals surface area (Å²) < 4.78 is 5.31. The van der Waals surface area contributed by atoms with E-state index in [-0.39, 0.29) is 0 Å². The molecule has 1 aliphatic heterocycles. The first-order valence-corrected chi connectivity index (χ1v) is 7.53. The fourth-order valence-electron chi connectivity index (χ4n) is 2.06. The topological polar surface area (TPSA) is 63.8 Å². The van der Waals surface area contributed by atoms with Crippen LogP contribution in [0.5, 0.6) is 0 Å². The van der Waals surface area contributed by atoms with Crippen molar-refractivity contribution in [3.63, 3.8) is 0 Å². The van der Waals surface area contributed by atoms with Crippen LogP contribution in [0.3, 0.4) is 0 Å². The Bertz CT molecular complexity index is 551. The van der Waals surface area contributed by atoms with Crippen LogP contribution in [0.4, 0.5) is 0 Å². The molecule has 3 heterocycles. The van der Waals surface area contributed by atoms with Gasteiger partial charge in [-0.2, -0.15) is 16.7 Å². The molecule has 0 spiro atoms. The third-order valence-electron chi connectivity index (χ3n) is 3.03. The van der Waals surface area contributed by atoms with Gasteiger partial charge in [-0.3, -0.25) is 4.98 Å². The second-order valence-electron chi connectivity index (χ2n) is 4.66. The fraction of sp³-hybridized carbons (Fsp3) is 0.462. The minimum Gasteiger partial charge on any atom is -0.339 e. The number of pyridine rings is 1. The lowest BCUT2D eigenvalue weighted by Crippen LogP contribution is -2.38. The van der Waals surface area contributed by atoms with E-state index in [0.29, 0.717) is 17.8 Å². The number of nitrogens with zero attached hydrogens (tertiary/aromatic N) is 3. The number of rotatable bonds is 3. The molecule has 1 fully saturated rings. The van der Waals surface area contributed by atoms with Gasteiger partial charge >= 0.3 is 0 Å². The Labute approximate surface area is 116 Å². The minimum absolute atomic E-state index is 0.428. The normalized spacial score (nSPS) is 19.5. The van der Waals surface area contributed by atoms with Crippen LogP contribution in [-0.2, 0) is 6.42 Å². The van der Waals surface area contributed by atoms with Gasteiger partial charge in [0, 0.05) is 36.7 Å². The summed E-state index contributed by atoms with van der Waals surface area (Å²) in [5.41, 5.74) is 1.91. The molecular weight excluding hydrogens is 260 g/mol. The lowest BCUT2D eigenvalue weighted by molar-refractivity contribution is 0.363. The van der Waals surface area contributed by atoms with Crippen molar-refractivity contribution in [3.8, 4) is 11.5 Å². The lowest BCUT2D eigenvalue weighted by Gasteiger charge is -2.21. The molecule has 5 nitrogen and oxygen atoms in total. The van der Waals surface area contributed by atoms with Gasteiger partial charge in [0.05, 0.1) is 0 Å². The van der Waals surface area contributed by atoms with Crippen molar-refractivity contribution in [3.05, 3.63) is 29.8 Å². The molecule has 19 heavy (non-hydrogen) atoms. The van der Waals surface area contributed by atoms with Crippen LogP contribution in [-0.4, -0.2) is 39.2 Å². The molecule has 1 N–H and O–H groups in total. The molecule has 3 rings (SSSR count). The van der Waals surface area contributed by atoms with Gasteiger partial charge in [-0.25, -0.2) is 0 Å². The second-order valence-corrected chi connectivity index (χ2v) is 5.81. The summed E-state index contributed by atoms with van der Waals surface area (Å²) >= 11 is 1.96. The van der Waals surface area contributed by atoms with Crippen LogP contribution in [0, 0.1) is 6.92 Å². The van der Waals surface area contributed by atoms with E-state index >= 15 is 0 Å². The highest BCUT2D eigenvalue weighted by atomic mass is 32.2. The molecule has 2 aromatic heterocycles. The molecule has 2 aromatic rings. The van der Waals surface area contributed by atoms with Gasteiger partial charge < -0.3 is 9.84 Å². The maximum atomic E-state index is 5.31. The number of thioether (sulfide) groups is 1. The third kappa shape index (κ3) is 3.13. The summed E-state index contributed by atoms with van der Waals surface area (Å²) in [7, 11) is 0. The van der Waals surface area contributed by atoms with Crippen molar-refractivity contribution in [1.29, 1.82) is 0 Å². The molecule has 0 aromatic carbocycles. The van der Waals surface area contributed by atoms with Crippen molar-refractivity contribution in [2.45, 2.75) is 19.4 Å². The van der Waals surface area contributed by atoms with Crippen molar-refractivity contribution in [2.24, 2.45) is 0 Å². The van der Waals surface area contributed by atoms with Gasteiger partial charge in [0.25, 0.3) is 0 Å². The second kappa shape index (κ2) is 5.71. The molecule has 0 bridgehead atoms. The molecule has 6 heteroatoms. The van der Waals surface area contributed by atoms with Crippen molar-refractivity contribution < 1.29 is 4.52 Å². The Hall–Kier alpha value is -1.40. The van der Waals surface area contributed by atoms with Gasteiger partial charge in [0.2, 0.25) is 11.7 Å². The Morgan fingerprint density at radius 3 is 3.26 bits per heavy atom. The van der Waals surface area contributed by atoms with Crippen LogP contribution in [0.2, 0.25) is 0 Å². The molecule has 1 atom stereocenters. The number of hydrogen-bond acceptors (Lipinski definition) is 6. The minimum atomic E-state index is 0.428. The van der Waals surface area contributed by atoms with E-state index in [1.807, 2.05) is 30.8 Å². The van der Waals surface area contributed by atoms with E-state index in [0.717, 1.165) is 30.0 Å². The van der Waals surface area contributed by atoms with Crippen molar-refractivity contribution in [1.82, 2.24) is 20.4 Å². The molecule has 1 aliphatic rings. The van der Waals surface area contributed by atoms with Gasteiger partial charge in [-0.1, -0.05) is 5.16 Å². The summed E-state index contributed by atoms with van der Waals surface area (Å²) in [6, 6.07) is 4.34.